The van der Waals surface area contributed by atoms with Crippen LogP contribution in [0.3, 0.4) is 0 Å². The fourth-order valence-corrected chi connectivity index (χ4v) is 4.93. The van der Waals surface area contributed by atoms with Gasteiger partial charge in [-0.25, -0.2) is 5.43 Å². The molecule has 4 heteroatoms. The van der Waals surface area contributed by atoms with Gasteiger partial charge in [0.15, 0.2) is 0 Å². The van der Waals surface area contributed by atoms with Crippen molar-refractivity contribution in [3.05, 3.63) is 137 Å². The number of carbonyl (C=O) groups excluding carboxylic acids is 1. The molecule has 1 saturated carbocycles. The van der Waals surface area contributed by atoms with Crippen molar-refractivity contribution >= 4 is 12.1 Å². The van der Waals surface area contributed by atoms with E-state index in [9.17, 15) is 4.79 Å². The van der Waals surface area contributed by atoms with Crippen LogP contribution in [0.2, 0.25) is 0 Å². The molecule has 1 N–H and O–H groups in total. The molecule has 1 aliphatic rings. The highest BCUT2D eigenvalue weighted by Gasteiger charge is 2.60. The molecule has 0 radical (unpaired) electrons. The highest BCUT2D eigenvalue weighted by atomic mass is 16.5. The number of para-hydroxylation sites is 1. The fourth-order valence-electron chi connectivity index (χ4n) is 4.93. The number of nitrogens with one attached hydrogen (secondary N) is 1. The van der Waals surface area contributed by atoms with Gasteiger partial charge in [0.2, 0.25) is 5.91 Å². The third-order valence-electron chi connectivity index (χ3n) is 6.88. The van der Waals surface area contributed by atoms with Gasteiger partial charge in [0.25, 0.3) is 0 Å². The Morgan fingerprint density at radius 1 is 0.889 bits per heavy atom. The molecule has 0 aliphatic heterocycles. The zero-order valence-electron chi connectivity index (χ0n) is 20.6. The molecule has 0 bridgehead atoms. The molecule has 1 aliphatic carbocycles. The predicted molar refractivity (Wildman–Crippen MR) is 144 cm³/mol. The van der Waals surface area contributed by atoms with Crippen molar-refractivity contribution in [2.75, 3.05) is 0 Å². The second kappa shape index (κ2) is 10.2. The van der Waals surface area contributed by atoms with Gasteiger partial charge >= 0.3 is 0 Å². The number of aryl methyl sites for hydroxylation is 2. The van der Waals surface area contributed by atoms with Crippen LogP contribution in [0.5, 0.6) is 5.75 Å². The van der Waals surface area contributed by atoms with E-state index in [4.69, 9.17) is 4.74 Å². The third-order valence-corrected chi connectivity index (χ3v) is 6.88. The molecule has 1 fully saturated rings. The summed E-state index contributed by atoms with van der Waals surface area (Å²) in [6.45, 7) is 4.65. The van der Waals surface area contributed by atoms with Crippen LogP contribution in [0, 0.1) is 19.8 Å². The summed E-state index contributed by atoms with van der Waals surface area (Å²) < 4.78 is 6.01. The minimum absolute atomic E-state index is 0.0723. The molecule has 5 rings (SSSR count). The van der Waals surface area contributed by atoms with E-state index >= 15 is 0 Å². The van der Waals surface area contributed by atoms with Crippen LogP contribution in [0.25, 0.3) is 0 Å². The van der Waals surface area contributed by atoms with Crippen molar-refractivity contribution in [2.45, 2.75) is 32.3 Å². The number of rotatable bonds is 8. The standard InChI is InChI=1S/C32H30N2O2/c1-23-10-8-15-27(18-23)32(28-16-9-11-24(2)19-28)20-29(32)31(35)34-33-21-26-14-6-7-17-30(26)36-22-25-12-4-3-5-13-25/h3-19,21,29H,20,22H2,1-2H3,(H,34,35). The molecule has 0 saturated heterocycles. The van der Waals surface area contributed by atoms with Crippen LogP contribution in [-0.4, -0.2) is 12.1 Å². The van der Waals surface area contributed by atoms with E-state index in [1.165, 1.54) is 22.3 Å². The molecular weight excluding hydrogens is 444 g/mol. The van der Waals surface area contributed by atoms with E-state index in [1.807, 2.05) is 54.6 Å². The Labute approximate surface area is 212 Å². The van der Waals surface area contributed by atoms with Crippen LogP contribution in [0.4, 0.5) is 0 Å². The number of carbonyl (C=O) groups is 1. The van der Waals surface area contributed by atoms with E-state index in [0.717, 1.165) is 23.3 Å². The Kier molecular flexibility index (Phi) is 6.68. The summed E-state index contributed by atoms with van der Waals surface area (Å²) in [5.41, 5.74) is 9.11. The van der Waals surface area contributed by atoms with Crippen molar-refractivity contribution in [3.8, 4) is 5.75 Å². The summed E-state index contributed by atoms with van der Waals surface area (Å²) >= 11 is 0. The number of nitrogens with zero attached hydrogens (tertiary/aromatic N) is 1. The minimum Gasteiger partial charge on any atom is -0.488 e. The van der Waals surface area contributed by atoms with Crippen LogP contribution < -0.4 is 10.2 Å². The molecule has 4 nitrogen and oxygen atoms in total. The lowest BCUT2D eigenvalue weighted by Crippen LogP contribution is -2.25. The molecule has 0 heterocycles. The van der Waals surface area contributed by atoms with Crippen LogP contribution in [-0.2, 0) is 16.8 Å². The quantitative estimate of drug-likeness (QED) is 0.239. The summed E-state index contributed by atoms with van der Waals surface area (Å²) in [6.07, 6.45) is 2.42. The first-order valence-electron chi connectivity index (χ1n) is 12.3. The number of hydrogen-bond donors (Lipinski definition) is 1. The van der Waals surface area contributed by atoms with Crippen molar-refractivity contribution in [3.63, 3.8) is 0 Å². The Morgan fingerprint density at radius 3 is 2.19 bits per heavy atom. The average molecular weight is 475 g/mol. The van der Waals surface area contributed by atoms with E-state index in [2.05, 4.69) is 72.9 Å². The molecule has 36 heavy (non-hydrogen) atoms. The second-order valence-corrected chi connectivity index (χ2v) is 9.51. The Bertz CT molecular complexity index is 1350. The molecule has 1 amide bonds. The highest BCUT2D eigenvalue weighted by molar-refractivity contribution is 5.88. The van der Waals surface area contributed by atoms with Crippen molar-refractivity contribution in [2.24, 2.45) is 11.0 Å². The van der Waals surface area contributed by atoms with Gasteiger partial charge in [0.1, 0.15) is 12.4 Å². The van der Waals surface area contributed by atoms with Crippen molar-refractivity contribution in [1.29, 1.82) is 0 Å². The topological polar surface area (TPSA) is 50.7 Å². The molecular formula is C32H30N2O2. The summed E-state index contributed by atoms with van der Waals surface area (Å²) in [7, 11) is 0. The van der Waals surface area contributed by atoms with Gasteiger partial charge in [-0.05, 0) is 49.1 Å². The summed E-state index contributed by atoms with van der Waals surface area (Å²) in [5, 5.41) is 4.30. The maximum atomic E-state index is 13.3. The molecule has 4 aromatic rings. The Hall–Kier alpha value is -4.18. The molecule has 180 valence electrons. The fraction of sp³-hybridized carbons (Fsp3) is 0.188. The number of amides is 1. The largest absolute Gasteiger partial charge is 0.488 e. The van der Waals surface area contributed by atoms with E-state index in [-0.39, 0.29) is 17.2 Å². The average Bonchev–Trinajstić information content (AvgIpc) is 3.66. The minimum atomic E-state index is -0.325. The lowest BCUT2D eigenvalue weighted by molar-refractivity contribution is -0.122. The monoisotopic (exact) mass is 474 g/mol. The van der Waals surface area contributed by atoms with Gasteiger partial charge in [0.05, 0.1) is 12.1 Å². The lowest BCUT2D eigenvalue weighted by atomic mass is 9.84. The molecule has 0 spiro atoms. The molecule has 0 aromatic heterocycles. The maximum Gasteiger partial charge on any atom is 0.244 e. The maximum absolute atomic E-state index is 13.3. The zero-order chi connectivity index (χ0) is 25.0. The number of ether oxygens (including phenoxy) is 1. The molecule has 4 aromatic carbocycles. The van der Waals surface area contributed by atoms with Gasteiger partial charge in [-0.3, -0.25) is 4.79 Å². The van der Waals surface area contributed by atoms with Crippen molar-refractivity contribution in [1.82, 2.24) is 5.43 Å². The Balaban J connectivity index is 1.31. The third kappa shape index (κ3) is 4.94. The van der Waals surface area contributed by atoms with Crippen LogP contribution in [0.1, 0.15) is 39.8 Å². The molecule has 1 unspecified atom stereocenters. The number of hydrogen-bond acceptors (Lipinski definition) is 3. The lowest BCUT2D eigenvalue weighted by Gasteiger charge is -2.20. The first-order valence-corrected chi connectivity index (χ1v) is 12.3. The summed E-state index contributed by atoms with van der Waals surface area (Å²) in [5.74, 6) is 0.472. The number of benzene rings is 4. The van der Waals surface area contributed by atoms with Gasteiger partial charge < -0.3 is 4.74 Å². The van der Waals surface area contributed by atoms with Crippen molar-refractivity contribution < 1.29 is 9.53 Å². The highest BCUT2D eigenvalue weighted by Crippen LogP contribution is 2.59. The SMILES string of the molecule is Cc1cccc(C2(c3cccc(C)c3)CC2C(=O)NN=Cc2ccccc2OCc2ccccc2)c1. The van der Waals surface area contributed by atoms with E-state index < -0.39 is 0 Å². The van der Waals surface area contributed by atoms with Gasteiger partial charge in [-0.2, -0.15) is 5.10 Å². The van der Waals surface area contributed by atoms with Crippen LogP contribution in [0.15, 0.2) is 108 Å². The Morgan fingerprint density at radius 2 is 1.53 bits per heavy atom. The first kappa shape index (κ1) is 23.6. The smallest absolute Gasteiger partial charge is 0.244 e. The zero-order valence-corrected chi connectivity index (χ0v) is 20.6. The van der Waals surface area contributed by atoms with Gasteiger partial charge in [-0.15, -0.1) is 0 Å². The van der Waals surface area contributed by atoms with E-state index in [0.29, 0.717) is 6.61 Å². The van der Waals surface area contributed by atoms with Gasteiger partial charge in [0, 0.05) is 11.0 Å². The first-order chi connectivity index (χ1) is 17.6. The number of hydrazone groups is 1. The second-order valence-electron chi connectivity index (χ2n) is 9.51. The van der Waals surface area contributed by atoms with Gasteiger partial charge in [-0.1, -0.05) is 102 Å². The normalized spacial score (nSPS) is 16.0. The molecule has 1 atom stereocenters. The summed E-state index contributed by atoms with van der Waals surface area (Å²) in [4.78, 5) is 13.3. The van der Waals surface area contributed by atoms with E-state index in [1.54, 1.807) is 6.21 Å². The predicted octanol–water partition coefficient (Wildman–Crippen LogP) is 6.34. The summed E-state index contributed by atoms with van der Waals surface area (Å²) in [6, 6.07) is 34.7. The van der Waals surface area contributed by atoms with Crippen LogP contribution >= 0.6 is 0 Å².